The number of nitrogens with one attached hydrogen (secondary N) is 1. The number of hydrogen-bond donors (Lipinski definition) is 1. The highest BCUT2D eigenvalue weighted by Gasteiger charge is 2.41. The van der Waals surface area contributed by atoms with Crippen molar-refractivity contribution in [2.75, 3.05) is 5.32 Å². The molecule has 0 radical (unpaired) electrons. The van der Waals surface area contributed by atoms with Crippen LogP contribution in [0.3, 0.4) is 0 Å². The summed E-state index contributed by atoms with van der Waals surface area (Å²) in [6.07, 6.45) is -9.84. The van der Waals surface area contributed by atoms with E-state index in [0.29, 0.717) is 24.6 Å². The van der Waals surface area contributed by atoms with Gasteiger partial charge in [0.1, 0.15) is 0 Å². The minimum atomic E-state index is -4.99. The lowest BCUT2D eigenvalue weighted by molar-refractivity contribution is -0.141. The third kappa shape index (κ3) is 3.88. The lowest BCUT2D eigenvalue weighted by atomic mass is 10.1. The van der Waals surface area contributed by atoms with Gasteiger partial charge in [-0.05, 0) is 18.6 Å². The van der Waals surface area contributed by atoms with E-state index in [0.717, 1.165) is 0 Å². The Balaban J connectivity index is 3.37. The van der Waals surface area contributed by atoms with Crippen molar-refractivity contribution in [1.29, 1.82) is 0 Å². The van der Waals surface area contributed by atoms with E-state index >= 15 is 0 Å². The molecule has 20 heavy (non-hydrogen) atoms. The second-order valence-corrected chi connectivity index (χ2v) is 4.02. The van der Waals surface area contributed by atoms with Gasteiger partial charge < -0.3 is 5.32 Å². The van der Waals surface area contributed by atoms with Crippen LogP contribution in [0.4, 0.5) is 32.0 Å². The molecule has 0 atom stereocenters. The van der Waals surface area contributed by atoms with Gasteiger partial charge in [0.2, 0.25) is 5.91 Å². The van der Waals surface area contributed by atoms with Crippen LogP contribution in [-0.2, 0) is 17.1 Å². The average molecular weight is 299 g/mol. The number of carbonyl (C=O) groups is 1. The van der Waals surface area contributed by atoms with Crippen molar-refractivity contribution in [3.8, 4) is 0 Å². The second kappa shape index (κ2) is 5.72. The molecule has 8 heteroatoms. The topological polar surface area (TPSA) is 29.1 Å². The van der Waals surface area contributed by atoms with E-state index in [2.05, 4.69) is 0 Å². The molecule has 1 aromatic carbocycles. The lowest BCUT2D eigenvalue weighted by Gasteiger charge is -2.19. The van der Waals surface area contributed by atoms with Crippen LogP contribution >= 0.6 is 0 Å². The summed E-state index contributed by atoms with van der Waals surface area (Å²) >= 11 is 0. The van der Waals surface area contributed by atoms with Gasteiger partial charge in [-0.3, -0.25) is 4.79 Å². The van der Waals surface area contributed by atoms with Gasteiger partial charge in [-0.25, -0.2) is 0 Å². The van der Waals surface area contributed by atoms with Crippen LogP contribution in [0.1, 0.15) is 30.9 Å². The largest absolute Gasteiger partial charge is 0.418 e. The molecule has 0 heterocycles. The Morgan fingerprint density at radius 2 is 1.50 bits per heavy atom. The number of benzene rings is 1. The number of carbonyl (C=O) groups excluding carboxylic acids is 1. The molecule has 1 amide bonds. The smallest absolute Gasteiger partial charge is 0.325 e. The highest BCUT2D eigenvalue weighted by atomic mass is 19.4. The standard InChI is InChI=1S/C12H11F6NO/c1-2-4-9(20)19-10-7(11(13,14)15)5-3-6-8(10)12(16,17)18/h3,5-6H,2,4H2,1H3,(H,19,20). The normalized spacial score (nSPS) is 12.3. The van der Waals surface area contributed by atoms with Gasteiger partial charge in [0.05, 0.1) is 16.8 Å². The van der Waals surface area contributed by atoms with Gasteiger partial charge in [-0.2, -0.15) is 26.3 Å². The molecule has 0 bridgehead atoms. The quantitative estimate of drug-likeness (QED) is 0.820. The number of para-hydroxylation sites is 1. The predicted molar refractivity (Wildman–Crippen MR) is 60.0 cm³/mol. The molecule has 0 aliphatic rings. The Bertz CT molecular complexity index is 459. The molecule has 0 spiro atoms. The number of rotatable bonds is 3. The zero-order chi connectivity index (χ0) is 15.6. The molecule has 112 valence electrons. The summed E-state index contributed by atoms with van der Waals surface area (Å²) in [5, 5.41) is 1.71. The summed E-state index contributed by atoms with van der Waals surface area (Å²) in [7, 11) is 0. The predicted octanol–water partition coefficient (Wildman–Crippen LogP) is 4.46. The molecule has 0 saturated heterocycles. The van der Waals surface area contributed by atoms with Crippen molar-refractivity contribution in [1.82, 2.24) is 0 Å². The molecule has 1 rings (SSSR count). The highest BCUT2D eigenvalue weighted by molar-refractivity contribution is 5.92. The van der Waals surface area contributed by atoms with Crippen LogP contribution in [0.15, 0.2) is 18.2 Å². The van der Waals surface area contributed by atoms with Crippen molar-refractivity contribution in [3.63, 3.8) is 0 Å². The van der Waals surface area contributed by atoms with Gasteiger partial charge >= 0.3 is 12.4 Å². The van der Waals surface area contributed by atoms with Crippen molar-refractivity contribution < 1.29 is 31.1 Å². The second-order valence-electron chi connectivity index (χ2n) is 4.02. The molecular formula is C12H11F6NO. The van der Waals surface area contributed by atoms with E-state index in [1.165, 1.54) is 0 Å². The van der Waals surface area contributed by atoms with E-state index < -0.39 is 35.1 Å². The third-order valence-electron chi connectivity index (χ3n) is 2.42. The molecule has 0 aliphatic heterocycles. The van der Waals surface area contributed by atoms with Crippen molar-refractivity contribution in [2.45, 2.75) is 32.1 Å². The highest BCUT2D eigenvalue weighted by Crippen LogP contribution is 2.42. The first-order chi connectivity index (χ1) is 9.07. The number of amides is 1. The maximum absolute atomic E-state index is 12.7. The van der Waals surface area contributed by atoms with Crippen LogP contribution in [0.2, 0.25) is 0 Å². The number of halogens is 6. The minimum absolute atomic E-state index is 0.163. The fraction of sp³-hybridized carbons (Fsp3) is 0.417. The van der Waals surface area contributed by atoms with Crippen molar-refractivity contribution >= 4 is 11.6 Å². The number of hydrogen-bond acceptors (Lipinski definition) is 1. The Morgan fingerprint density at radius 1 is 1.05 bits per heavy atom. The van der Waals surface area contributed by atoms with Gasteiger partial charge in [0.15, 0.2) is 0 Å². The first kappa shape index (κ1) is 16.3. The van der Waals surface area contributed by atoms with Crippen molar-refractivity contribution in [3.05, 3.63) is 29.3 Å². The summed E-state index contributed by atoms with van der Waals surface area (Å²) in [5.41, 5.74) is -4.28. The maximum atomic E-state index is 12.7. The van der Waals surface area contributed by atoms with Crippen LogP contribution in [0, 0.1) is 0 Å². The first-order valence-electron chi connectivity index (χ1n) is 5.64. The summed E-state index contributed by atoms with van der Waals surface area (Å²) in [5.74, 6) is -0.894. The molecule has 0 aromatic heterocycles. The van der Waals surface area contributed by atoms with Gasteiger partial charge in [0, 0.05) is 6.42 Å². The summed E-state index contributed by atoms with van der Waals surface area (Å²) in [6.45, 7) is 1.58. The van der Waals surface area contributed by atoms with Crippen LogP contribution in [0.25, 0.3) is 0 Å². The zero-order valence-corrected chi connectivity index (χ0v) is 10.3. The Labute approximate surface area is 110 Å². The van der Waals surface area contributed by atoms with Crippen LogP contribution in [0.5, 0.6) is 0 Å². The Hall–Kier alpha value is -1.73. The Morgan fingerprint density at radius 3 is 1.85 bits per heavy atom. The van der Waals surface area contributed by atoms with E-state index in [1.807, 2.05) is 0 Å². The molecule has 0 unspecified atom stereocenters. The molecule has 0 saturated carbocycles. The molecule has 2 nitrogen and oxygen atoms in total. The SMILES string of the molecule is CCCC(=O)Nc1c(C(F)(F)F)cccc1C(F)(F)F. The minimum Gasteiger partial charge on any atom is -0.325 e. The van der Waals surface area contributed by atoms with Gasteiger partial charge in [-0.15, -0.1) is 0 Å². The third-order valence-corrected chi connectivity index (χ3v) is 2.42. The molecular weight excluding hydrogens is 288 g/mol. The lowest BCUT2D eigenvalue weighted by Crippen LogP contribution is -2.20. The summed E-state index contributed by atoms with van der Waals surface area (Å²) < 4.78 is 76.4. The van der Waals surface area contributed by atoms with Crippen LogP contribution < -0.4 is 5.32 Å². The number of alkyl halides is 6. The Kier molecular flexibility index (Phi) is 4.67. The monoisotopic (exact) mass is 299 g/mol. The first-order valence-corrected chi connectivity index (χ1v) is 5.64. The van der Waals surface area contributed by atoms with Gasteiger partial charge in [0.25, 0.3) is 0 Å². The summed E-state index contributed by atoms with van der Waals surface area (Å²) in [6, 6.07) is 1.65. The molecule has 1 aromatic rings. The van der Waals surface area contributed by atoms with E-state index in [1.54, 1.807) is 12.2 Å². The van der Waals surface area contributed by atoms with Crippen LogP contribution in [-0.4, -0.2) is 5.91 Å². The molecule has 0 fully saturated rings. The van der Waals surface area contributed by atoms with E-state index in [4.69, 9.17) is 0 Å². The number of anilines is 1. The molecule has 0 aliphatic carbocycles. The fourth-order valence-corrected chi connectivity index (χ4v) is 1.59. The maximum Gasteiger partial charge on any atom is 0.418 e. The zero-order valence-electron chi connectivity index (χ0n) is 10.3. The van der Waals surface area contributed by atoms with Crippen molar-refractivity contribution in [2.24, 2.45) is 0 Å². The average Bonchev–Trinajstić information content (AvgIpc) is 2.26. The van der Waals surface area contributed by atoms with E-state index in [-0.39, 0.29) is 6.42 Å². The fourth-order valence-electron chi connectivity index (χ4n) is 1.59. The van der Waals surface area contributed by atoms with E-state index in [9.17, 15) is 31.1 Å². The molecule has 1 N–H and O–H groups in total. The summed E-state index contributed by atoms with van der Waals surface area (Å²) in [4.78, 5) is 11.3. The van der Waals surface area contributed by atoms with Gasteiger partial charge in [-0.1, -0.05) is 13.0 Å².